The van der Waals surface area contributed by atoms with Crippen molar-refractivity contribution in [3.8, 4) is 11.5 Å². The first-order valence-corrected chi connectivity index (χ1v) is 9.40. The van der Waals surface area contributed by atoms with Crippen molar-refractivity contribution in [3.05, 3.63) is 64.6 Å². The molecule has 2 aromatic carbocycles. The molecule has 7 nitrogen and oxygen atoms in total. The van der Waals surface area contributed by atoms with Gasteiger partial charge in [0.15, 0.2) is 5.75 Å². The fraction of sp³-hybridized carbons (Fsp3) is 0.227. The highest BCUT2D eigenvalue weighted by atomic mass is 19.1. The molecular weight excluding hydrogens is 391 g/mol. The Balaban J connectivity index is 1.86. The van der Waals surface area contributed by atoms with Gasteiger partial charge < -0.3 is 19.5 Å². The van der Waals surface area contributed by atoms with Crippen LogP contribution in [0.2, 0.25) is 0 Å². The predicted octanol–water partition coefficient (Wildman–Crippen LogP) is 3.79. The number of benzene rings is 2. The molecule has 1 aliphatic rings. The number of aromatic nitrogens is 1. The van der Waals surface area contributed by atoms with E-state index in [1.165, 1.54) is 17.0 Å². The van der Waals surface area contributed by atoms with Crippen molar-refractivity contribution in [1.82, 2.24) is 9.88 Å². The largest absolute Gasteiger partial charge is 0.513 e. The number of pyridine rings is 1. The molecule has 1 N–H and O–H groups in total. The summed E-state index contributed by atoms with van der Waals surface area (Å²) < 4.78 is 23.5. The minimum atomic E-state index is -0.905. The van der Waals surface area contributed by atoms with E-state index in [1.54, 1.807) is 38.4 Å². The first-order chi connectivity index (χ1) is 14.4. The van der Waals surface area contributed by atoms with E-state index in [2.05, 4.69) is 4.98 Å². The van der Waals surface area contributed by atoms with Crippen molar-refractivity contribution >= 4 is 23.0 Å². The zero-order valence-electron chi connectivity index (χ0n) is 16.4. The van der Waals surface area contributed by atoms with Gasteiger partial charge in [-0.1, -0.05) is 12.1 Å². The third kappa shape index (κ3) is 3.41. The number of phenolic OH excluding ortho intramolecular Hbond substituents is 1. The third-order valence-electron chi connectivity index (χ3n) is 4.95. The van der Waals surface area contributed by atoms with Crippen LogP contribution in [0.25, 0.3) is 10.9 Å². The van der Waals surface area contributed by atoms with E-state index in [4.69, 9.17) is 9.47 Å². The molecule has 0 aliphatic carbocycles. The van der Waals surface area contributed by atoms with Crippen LogP contribution >= 0.6 is 0 Å². The standard InChI is InChI=1S/C22H19FN2O5/c1-3-29-22(28)30-20-15-9-13(8-12-4-6-14(23)7-5-12)10-24-18(15)19(26)17-16(20)11-25(2)21(17)27/h4-7,9-10,26H,3,8,11H2,1-2H3. The lowest BCUT2D eigenvalue weighted by Crippen LogP contribution is -2.17. The fourth-order valence-corrected chi connectivity index (χ4v) is 3.57. The van der Waals surface area contributed by atoms with Gasteiger partial charge in [-0.15, -0.1) is 0 Å². The first kappa shape index (κ1) is 19.6. The van der Waals surface area contributed by atoms with Gasteiger partial charge in [0, 0.05) is 24.2 Å². The number of halogens is 1. The molecule has 3 aromatic rings. The smallest absolute Gasteiger partial charge is 0.505 e. The highest BCUT2D eigenvalue weighted by Crippen LogP contribution is 2.43. The number of aromatic hydroxyl groups is 1. The lowest BCUT2D eigenvalue weighted by atomic mass is 9.99. The number of amides is 1. The van der Waals surface area contributed by atoms with E-state index >= 15 is 0 Å². The maximum atomic E-state index is 13.2. The van der Waals surface area contributed by atoms with Crippen molar-refractivity contribution in [2.75, 3.05) is 13.7 Å². The summed E-state index contributed by atoms with van der Waals surface area (Å²) in [5, 5.41) is 11.1. The summed E-state index contributed by atoms with van der Waals surface area (Å²) in [6.07, 6.45) is 1.12. The number of hydrogen-bond donors (Lipinski definition) is 1. The van der Waals surface area contributed by atoms with Gasteiger partial charge in [-0.3, -0.25) is 9.78 Å². The van der Waals surface area contributed by atoms with Crippen LogP contribution in [0, 0.1) is 5.82 Å². The maximum absolute atomic E-state index is 13.2. The summed E-state index contributed by atoms with van der Waals surface area (Å²) in [6, 6.07) is 7.83. The molecule has 0 bridgehead atoms. The molecule has 1 aromatic heterocycles. The maximum Gasteiger partial charge on any atom is 0.513 e. The van der Waals surface area contributed by atoms with E-state index in [1.807, 2.05) is 0 Å². The van der Waals surface area contributed by atoms with Crippen molar-refractivity contribution in [2.24, 2.45) is 0 Å². The van der Waals surface area contributed by atoms with Gasteiger partial charge in [-0.05, 0) is 42.7 Å². The molecule has 0 saturated heterocycles. The van der Waals surface area contributed by atoms with Crippen LogP contribution in [-0.2, 0) is 17.7 Å². The van der Waals surface area contributed by atoms with E-state index < -0.39 is 6.16 Å². The first-order valence-electron chi connectivity index (χ1n) is 9.40. The van der Waals surface area contributed by atoms with Crippen molar-refractivity contribution in [1.29, 1.82) is 0 Å². The van der Waals surface area contributed by atoms with E-state index in [-0.39, 0.29) is 47.5 Å². The second-order valence-electron chi connectivity index (χ2n) is 7.02. The van der Waals surface area contributed by atoms with E-state index in [9.17, 15) is 19.1 Å². The second-order valence-corrected chi connectivity index (χ2v) is 7.02. The van der Waals surface area contributed by atoms with E-state index in [0.717, 1.165) is 11.1 Å². The number of rotatable bonds is 4. The minimum Gasteiger partial charge on any atom is -0.505 e. The van der Waals surface area contributed by atoms with Gasteiger partial charge in [0.05, 0.1) is 18.7 Å². The van der Waals surface area contributed by atoms with Gasteiger partial charge in [-0.2, -0.15) is 0 Å². The van der Waals surface area contributed by atoms with Crippen molar-refractivity contribution in [2.45, 2.75) is 19.9 Å². The summed E-state index contributed by atoms with van der Waals surface area (Å²) in [5.41, 5.74) is 2.26. The molecule has 2 heterocycles. The number of ether oxygens (including phenoxy) is 2. The number of carbonyl (C=O) groups is 2. The van der Waals surface area contributed by atoms with Gasteiger partial charge in [0.25, 0.3) is 5.91 Å². The SMILES string of the molecule is CCOC(=O)Oc1c2c(c(O)c3ncc(Cc4ccc(F)cc4)cc13)C(=O)N(C)C2. The average Bonchev–Trinajstić information content (AvgIpc) is 3.02. The van der Waals surface area contributed by atoms with Crippen LogP contribution in [0.1, 0.15) is 34.0 Å². The topological polar surface area (TPSA) is 89.0 Å². The predicted molar refractivity (Wildman–Crippen MR) is 106 cm³/mol. The Labute approximate surface area is 171 Å². The molecule has 0 saturated carbocycles. The molecular formula is C22H19FN2O5. The molecule has 1 aliphatic heterocycles. The third-order valence-corrected chi connectivity index (χ3v) is 4.95. The summed E-state index contributed by atoms with van der Waals surface area (Å²) in [6.45, 7) is 1.96. The number of carbonyl (C=O) groups excluding carboxylic acids is 2. The monoisotopic (exact) mass is 410 g/mol. The summed E-state index contributed by atoms with van der Waals surface area (Å²) in [4.78, 5) is 30.3. The Morgan fingerprint density at radius 1 is 1.27 bits per heavy atom. The molecule has 1 amide bonds. The molecule has 30 heavy (non-hydrogen) atoms. The van der Waals surface area contributed by atoms with Crippen LogP contribution < -0.4 is 4.74 Å². The normalized spacial score (nSPS) is 12.9. The lowest BCUT2D eigenvalue weighted by Gasteiger charge is -2.14. The Bertz CT molecular complexity index is 1160. The lowest BCUT2D eigenvalue weighted by molar-refractivity contribution is 0.0814. The zero-order valence-corrected chi connectivity index (χ0v) is 16.4. The molecule has 0 spiro atoms. The van der Waals surface area contributed by atoms with E-state index in [0.29, 0.717) is 17.4 Å². The minimum absolute atomic E-state index is 0.0723. The highest BCUT2D eigenvalue weighted by Gasteiger charge is 2.34. The Hall–Kier alpha value is -3.68. The van der Waals surface area contributed by atoms with Gasteiger partial charge in [0.1, 0.15) is 17.1 Å². The molecule has 4 rings (SSSR count). The quantitative estimate of drug-likeness (QED) is 0.520. The molecule has 0 radical (unpaired) electrons. The van der Waals surface area contributed by atoms with Crippen LogP contribution in [0.4, 0.5) is 9.18 Å². The molecule has 154 valence electrons. The fourth-order valence-electron chi connectivity index (χ4n) is 3.57. The number of fused-ring (bicyclic) bond motifs is 2. The summed E-state index contributed by atoms with van der Waals surface area (Å²) >= 11 is 0. The van der Waals surface area contributed by atoms with Crippen LogP contribution in [0.5, 0.6) is 11.5 Å². The van der Waals surface area contributed by atoms with Crippen molar-refractivity contribution < 1.29 is 28.6 Å². The van der Waals surface area contributed by atoms with Crippen molar-refractivity contribution in [3.63, 3.8) is 0 Å². The Morgan fingerprint density at radius 3 is 2.70 bits per heavy atom. The van der Waals surface area contributed by atoms with Gasteiger partial charge >= 0.3 is 6.16 Å². The van der Waals surface area contributed by atoms with Crippen LogP contribution in [0.3, 0.4) is 0 Å². The van der Waals surface area contributed by atoms with Gasteiger partial charge in [0.2, 0.25) is 0 Å². The van der Waals surface area contributed by atoms with Crippen LogP contribution in [0.15, 0.2) is 36.5 Å². The van der Waals surface area contributed by atoms with Gasteiger partial charge in [-0.25, -0.2) is 9.18 Å². The molecule has 0 fully saturated rings. The summed E-state index contributed by atoms with van der Waals surface area (Å²) in [7, 11) is 1.59. The summed E-state index contributed by atoms with van der Waals surface area (Å²) in [5.74, 6) is -0.814. The zero-order chi connectivity index (χ0) is 21.4. The Kier molecular flexibility index (Phi) is 4.99. The van der Waals surface area contributed by atoms with Crippen LogP contribution in [-0.4, -0.2) is 40.7 Å². The number of hydrogen-bond acceptors (Lipinski definition) is 6. The number of phenols is 1. The highest BCUT2D eigenvalue weighted by molar-refractivity contribution is 6.09. The Morgan fingerprint density at radius 2 is 2.00 bits per heavy atom. The second kappa shape index (κ2) is 7.62. The molecule has 8 heteroatoms. The molecule has 0 atom stereocenters. The number of nitrogens with zero attached hydrogens (tertiary/aromatic N) is 2. The molecule has 0 unspecified atom stereocenters. The average molecular weight is 410 g/mol.